The summed E-state index contributed by atoms with van der Waals surface area (Å²) in [5.74, 6) is -1.21. The van der Waals surface area contributed by atoms with Gasteiger partial charge >= 0.3 is 16.2 Å². The molecule has 0 fully saturated rings. The van der Waals surface area contributed by atoms with Crippen LogP contribution in [0.2, 0.25) is 0 Å². The minimum Gasteiger partial charge on any atom is -0.478 e. The van der Waals surface area contributed by atoms with E-state index in [0.29, 0.717) is 47.4 Å². The van der Waals surface area contributed by atoms with Crippen LogP contribution in [0.5, 0.6) is 0 Å². The maximum atomic E-state index is 13.0. The smallest absolute Gasteiger partial charge is 0.332 e. The van der Waals surface area contributed by atoms with Crippen molar-refractivity contribution in [1.29, 1.82) is 5.26 Å². The van der Waals surface area contributed by atoms with Crippen molar-refractivity contribution in [1.82, 2.24) is 0 Å². The zero-order chi connectivity index (χ0) is 22.4. The summed E-state index contributed by atoms with van der Waals surface area (Å²) in [6.07, 6.45) is 1.89. The Morgan fingerprint density at radius 3 is 2.27 bits per heavy atom. The number of fused-ring (bicyclic) bond motifs is 1. The van der Waals surface area contributed by atoms with E-state index in [9.17, 15) is 29.5 Å². The second kappa shape index (κ2) is 6.47. The lowest BCUT2D eigenvalue weighted by Gasteiger charge is -2.40. The molecule has 0 unspecified atom stereocenters. The molecule has 3 rings (SSSR count). The number of nitrogens with one attached hydrogen (secondary N) is 1. The van der Waals surface area contributed by atoms with Gasteiger partial charge in [-0.2, -0.15) is 5.26 Å². The van der Waals surface area contributed by atoms with Crippen LogP contribution in [0.25, 0.3) is 11.1 Å². The van der Waals surface area contributed by atoms with E-state index < -0.39 is 21.1 Å². The molecule has 0 aliphatic heterocycles. The normalized spacial score (nSPS) is 15.5. The first-order valence-corrected chi connectivity index (χ1v) is 10.7. The summed E-state index contributed by atoms with van der Waals surface area (Å²) in [5, 5.41) is 21.4. The molecule has 0 amide bonds. The molecule has 0 aromatic heterocycles. The third kappa shape index (κ3) is 4.26. The number of rotatable bonds is 6. The molecule has 4 nitrogen and oxygen atoms in total. The molecule has 0 spiro atoms. The van der Waals surface area contributed by atoms with Crippen molar-refractivity contribution in [3.05, 3.63) is 59.2 Å². The summed E-state index contributed by atoms with van der Waals surface area (Å²) < 4.78 is 65.0. The SMILES string of the molecule is C=C(CNc1cc(-c2ccc(S(F)(F)(F)(F)F)cc2)c2c(c1C#N)CCC2)C(=O)O. The van der Waals surface area contributed by atoms with Gasteiger partial charge in [0.2, 0.25) is 0 Å². The Morgan fingerprint density at radius 1 is 1.13 bits per heavy atom. The van der Waals surface area contributed by atoms with Crippen LogP contribution in [0.3, 0.4) is 0 Å². The Balaban J connectivity index is 2.09. The molecule has 0 bridgehead atoms. The van der Waals surface area contributed by atoms with E-state index in [1.165, 1.54) is 6.07 Å². The van der Waals surface area contributed by atoms with E-state index in [1.54, 1.807) is 0 Å². The van der Waals surface area contributed by atoms with E-state index in [1.807, 2.05) is 0 Å². The minimum absolute atomic E-state index is 0.138. The van der Waals surface area contributed by atoms with Gasteiger partial charge in [-0.25, -0.2) is 4.79 Å². The molecule has 2 aromatic rings. The highest BCUT2D eigenvalue weighted by molar-refractivity contribution is 8.45. The van der Waals surface area contributed by atoms with Crippen molar-refractivity contribution in [3.63, 3.8) is 0 Å². The van der Waals surface area contributed by atoms with Gasteiger partial charge in [-0.15, -0.1) is 0 Å². The molecule has 0 heterocycles. The maximum absolute atomic E-state index is 13.0. The second-order valence-electron chi connectivity index (χ2n) is 7.02. The molecule has 0 atom stereocenters. The molecule has 0 saturated heterocycles. The number of carboxylic acids is 1. The Morgan fingerprint density at radius 2 is 1.73 bits per heavy atom. The van der Waals surface area contributed by atoms with E-state index in [4.69, 9.17) is 5.11 Å². The monoisotopic (exact) mass is 444 g/mol. The molecular weight excluding hydrogens is 427 g/mol. The number of halogens is 5. The number of nitriles is 1. The summed E-state index contributed by atoms with van der Waals surface area (Å²) >= 11 is 0. The largest absolute Gasteiger partial charge is 0.478 e. The van der Waals surface area contributed by atoms with Gasteiger partial charge in [0.25, 0.3) is 0 Å². The Kier molecular flexibility index (Phi) is 4.67. The Labute approximate surface area is 169 Å². The first-order chi connectivity index (χ1) is 13.7. The number of anilines is 1. The number of hydrogen-bond acceptors (Lipinski definition) is 3. The van der Waals surface area contributed by atoms with Crippen LogP contribution < -0.4 is 5.32 Å². The molecule has 2 N–H and O–H groups in total. The average Bonchev–Trinajstić information content (AvgIpc) is 3.12. The number of hydrogen-bond donors (Lipinski definition) is 2. The first-order valence-electron chi connectivity index (χ1n) is 8.79. The van der Waals surface area contributed by atoms with Crippen LogP contribution in [-0.2, 0) is 17.6 Å². The average molecular weight is 444 g/mol. The second-order valence-corrected chi connectivity index (χ2v) is 9.43. The van der Waals surface area contributed by atoms with Gasteiger partial charge in [-0.3, -0.25) is 0 Å². The van der Waals surface area contributed by atoms with Crippen LogP contribution >= 0.6 is 10.2 Å². The van der Waals surface area contributed by atoms with Gasteiger partial charge in [0, 0.05) is 12.1 Å². The number of carbonyl (C=O) groups is 1. The predicted molar refractivity (Wildman–Crippen MR) is 105 cm³/mol. The van der Waals surface area contributed by atoms with Crippen LogP contribution in [0.4, 0.5) is 25.1 Å². The maximum Gasteiger partial charge on any atom is 0.332 e. The molecule has 1 aliphatic rings. The van der Waals surface area contributed by atoms with Crippen molar-refractivity contribution in [3.8, 4) is 17.2 Å². The standard InChI is InChI=1S/C20H17F5N2O2S/c1-12(20(28)29)11-27-19-9-17(15-3-2-4-16(15)18(19)10-26)13-5-7-14(8-6-13)30(21,22,23,24)25/h5-9,27H,1-4,11H2,(H,28,29). The Bertz CT molecular complexity index is 1100. The van der Waals surface area contributed by atoms with E-state index in [0.717, 1.165) is 29.7 Å². The van der Waals surface area contributed by atoms with Crippen molar-refractivity contribution >= 4 is 21.9 Å². The lowest BCUT2D eigenvalue weighted by Crippen LogP contribution is -2.13. The van der Waals surface area contributed by atoms with Crippen molar-refractivity contribution in [2.75, 3.05) is 11.9 Å². The highest BCUT2D eigenvalue weighted by Crippen LogP contribution is 3.02. The molecule has 0 radical (unpaired) electrons. The Hall–Kier alpha value is -3.06. The molecule has 2 aromatic carbocycles. The fourth-order valence-corrected chi connectivity index (χ4v) is 4.13. The molecule has 30 heavy (non-hydrogen) atoms. The first kappa shape index (κ1) is 21.6. The van der Waals surface area contributed by atoms with Crippen molar-refractivity contribution in [2.45, 2.75) is 24.2 Å². The van der Waals surface area contributed by atoms with Crippen LogP contribution in [0.15, 0.2) is 47.4 Å². The topological polar surface area (TPSA) is 73.1 Å². The fourth-order valence-electron chi connectivity index (χ4n) is 3.48. The summed E-state index contributed by atoms with van der Waals surface area (Å²) in [4.78, 5) is 8.99. The summed E-state index contributed by atoms with van der Waals surface area (Å²) in [6, 6.07) is 6.29. The molecular formula is C20H17F5N2O2S. The third-order valence-electron chi connectivity index (χ3n) is 4.92. The quantitative estimate of drug-likeness (QED) is 0.398. The number of aliphatic carboxylic acids is 1. The fraction of sp³-hybridized carbons (Fsp3) is 0.200. The minimum atomic E-state index is -9.77. The highest BCUT2D eigenvalue weighted by Gasteiger charge is 2.65. The molecule has 160 valence electrons. The van der Waals surface area contributed by atoms with Crippen LogP contribution in [0, 0.1) is 11.3 Å². The zero-order valence-corrected chi connectivity index (χ0v) is 16.3. The van der Waals surface area contributed by atoms with Gasteiger partial charge in [0.1, 0.15) is 11.0 Å². The third-order valence-corrected chi connectivity index (χ3v) is 6.08. The van der Waals surface area contributed by atoms with Gasteiger partial charge in [0.15, 0.2) is 0 Å². The van der Waals surface area contributed by atoms with E-state index >= 15 is 0 Å². The molecule has 1 aliphatic carbocycles. The van der Waals surface area contributed by atoms with Gasteiger partial charge in [0.05, 0.1) is 11.3 Å². The lowest BCUT2D eigenvalue weighted by molar-refractivity contribution is -0.132. The van der Waals surface area contributed by atoms with Crippen LogP contribution in [0.1, 0.15) is 23.1 Å². The lowest BCUT2D eigenvalue weighted by atomic mass is 9.92. The van der Waals surface area contributed by atoms with E-state index in [-0.39, 0.29) is 12.1 Å². The summed E-state index contributed by atoms with van der Waals surface area (Å²) in [6.45, 7) is 3.26. The van der Waals surface area contributed by atoms with Gasteiger partial charge < -0.3 is 10.4 Å². The molecule has 0 saturated carbocycles. The van der Waals surface area contributed by atoms with Crippen molar-refractivity contribution in [2.24, 2.45) is 0 Å². The number of benzene rings is 2. The summed E-state index contributed by atoms with van der Waals surface area (Å²) in [5.41, 5.74) is 2.80. The summed E-state index contributed by atoms with van der Waals surface area (Å²) in [7, 11) is -9.77. The van der Waals surface area contributed by atoms with E-state index in [2.05, 4.69) is 18.0 Å². The predicted octanol–water partition coefficient (Wildman–Crippen LogP) is 6.42. The number of carboxylic acid groups (broad SMARTS) is 1. The highest BCUT2D eigenvalue weighted by atomic mass is 32.5. The van der Waals surface area contributed by atoms with Gasteiger partial charge in [-0.05, 0) is 59.7 Å². The molecule has 10 heteroatoms. The zero-order valence-electron chi connectivity index (χ0n) is 15.5. The van der Waals surface area contributed by atoms with Crippen LogP contribution in [-0.4, -0.2) is 17.6 Å². The number of nitrogens with zero attached hydrogens (tertiary/aromatic N) is 1. The van der Waals surface area contributed by atoms with Crippen molar-refractivity contribution < 1.29 is 29.3 Å². The van der Waals surface area contributed by atoms with Gasteiger partial charge in [-0.1, -0.05) is 38.1 Å².